The second-order valence-electron chi connectivity index (χ2n) is 36.5. The van der Waals surface area contributed by atoms with E-state index in [1.807, 2.05) is 94.7 Å². The predicted molar refractivity (Wildman–Crippen MR) is 513 cm³/mol. The van der Waals surface area contributed by atoms with Crippen LogP contribution in [0.3, 0.4) is 0 Å². The molecule has 582 valence electrons. The molecule has 0 atom stereocenters. The van der Waals surface area contributed by atoms with E-state index >= 15 is 0 Å². The van der Waals surface area contributed by atoms with Gasteiger partial charge in [-0.25, -0.2) is 0 Å². The van der Waals surface area contributed by atoms with Crippen molar-refractivity contribution in [2.45, 2.75) is 105 Å². The van der Waals surface area contributed by atoms with Gasteiger partial charge in [-0.3, -0.25) is 0 Å². The Hall–Kier alpha value is -14.0. The summed E-state index contributed by atoms with van der Waals surface area (Å²) >= 11 is 0. The number of benzene rings is 16. The molecule has 0 N–H and O–H groups in total. The Kier molecular flexibility index (Phi) is 11.0. The van der Waals surface area contributed by atoms with E-state index in [4.69, 9.17) is 10.2 Å². The van der Waals surface area contributed by atoms with Crippen molar-refractivity contribution in [3.8, 4) is 33.9 Å². The molecule has 16 aromatic carbocycles. The average molecular weight is 1580 g/mol. The Balaban J connectivity index is 0.876. The molecule has 0 bridgehead atoms. The Bertz CT molecular complexity index is 9280. The third kappa shape index (κ3) is 10.4. The molecule has 22 aromatic rings. The third-order valence-corrected chi connectivity index (χ3v) is 25.3. The van der Waals surface area contributed by atoms with E-state index in [1.54, 1.807) is 36.4 Å². The lowest BCUT2D eigenvalue weighted by atomic mass is 9.33. The van der Waals surface area contributed by atoms with Gasteiger partial charge in [0.05, 0.1) is 101 Å². The minimum atomic E-state index is -1.04. The van der Waals surface area contributed by atoms with Crippen LogP contribution in [0.4, 0.5) is 34.1 Å². The van der Waals surface area contributed by atoms with Crippen molar-refractivity contribution in [1.82, 2.24) is 18.3 Å². The maximum absolute atomic E-state index is 10.3. The molecule has 2 aliphatic heterocycles. The summed E-state index contributed by atoms with van der Waals surface area (Å²) in [7, 11) is 0. The summed E-state index contributed by atoms with van der Waals surface area (Å²) in [6.45, 7) is 25.3. The molecule has 9 heteroatoms. The van der Waals surface area contributed by atoms with Crippen LogP contribution in [0, 0.1) is 0 Å². The molecular formula is C112H89BN6O2. The first-order chi connectivity index (χ1) is 67.3. The quantitative estimate of drug-likeness (QED) is 0.149. The zero-order chi connectivity index (χ0) is 100. The lowest BCUT2D eigenvalue weighted by Crippen LogP contribution is -2.61. The van der Waals surface area contributed by atoms with Gasteiger partial charge < -0.3 is 36.9 Å². The molecule has 24 rings (SSSR count). The number of hydrogen-bond donors (Lipinski definition) is 0. The number of fused-ring (bicyclic) bond motifs is 22. The highest BCUT2D eigenvalue weighted by Crippen LogP contribution is 2.54. The fourth-order valence-electron chi connectivity index (χ4n) is 19.4. The molecule has 2 aliphatic rings. The summed E-state index contributed by atoms with van der Waals surface area (Å²) < 4.78 is 225. The van der Waals surface area contributed by atoms with E-state index in [2.05, 4.69) is 165 Å². The van der Waals surface area contributed by atoms with Crippen LogP contribution in [-0.4, -0.2) is 25.0 Å². The molecule has 0 saturated carbocycles. The van der Waals surface area contributed by atoms with Gasteiger partial charge in [0, 0.05) is 93.1 Å². The van der Waals surface area contributed by atoms with E-state index in [-0.39, 0.29) is 87.8 Å². The molecule has 0 saturated heterocycles. The molecule has 0 aliphatic carbocycles. The Labute approximate surface area is 732 Å². The number of para-hydroxylation sites is 8. The molecule has 8 nitrogen and oxygen atoms in total. The number of anilines is 6. The minimum absolute atomic E-state index is 0.0566. The van der Waals surface area contributed by atoms with Crippen LogP contribution < -0.4 is 26.2 Å². The standard InChI is InChI=1S/C112H89BN6O2/c1-109(2,3)68-47-54-92-82(59-68)83-60-69(110(4,5)6)48-55-93(83)116(92)96-42-24-34-78-80-36-26-44-98(107(80)120-105(78)96)118-100-58-67(66-28-14-13-15-29-66)46-52-86(100)113-87-53-51-72(114-88-38-20-16-30-74(88)75-31-17-21-39-89(75)114)63-101(87)119(103-65-73(64-102(118)104(103)113)115-90-40-22-18-32-76(90)77-33-19-23-41-91(77)115)99-45-27-37-81-79-35-25-43-97(106(79)121-108(81)99)117-94-56-49-70(111(7,8)9)61-84(94)85-62-71(112(10,11)12)50-57-95(85)117/h13-65H,1-12H3/i13D,14D,15D,16D,17D,18D,19D,20D,21D,22D,23D,28D,29D,30D,31D,32D,33D,38D,39D,40D,41D. The Morgan fingerprint density at radius 3 is 0.942 bits per heavy atom. The second-order valence-corrected chi connectivity index (χ2v) is 36.5. The molecule has 0 radical (unpaired) electrons. The van der Waals surface area contributed by atoms with Crippen molar-refractivity contribution in [2.75, 3.05) is 9.80 Å². The topological polar surface area (TPSA) is 52.5 Å². The van der Waals surface area contributed by atoms with Gasteiger partial charge in [0.2, 0.25) is 0 Å². The van der Waals surface area contributed by atoms with Crippen molar-refractivity contribution in [3.05, 3.63) is 343 Å². The molecular weight excluding hydrogens is 1470 g/mol. The maximum atomic E-state index is 10.3. The monoisotopic (exact) mass is 1580 g/mol. The maximum Gasteiger partial charge on any atom is 0.252 e. The smallest absolute Gasteiger partial charge is 0.252 e. The van der Waals surface area contributed by atoms with E-state index in [0.717, 1.165) is 65.9 Å². The zero-order valence-corrected chi connectivity index (χ0v) is 68.6. The van der Waals surface area contributed by atoms with Crippen LogP contribution in [-0.2, 0) is 21.7 Å². The first kappa shape index (κ1) is 52.7. The van der Waals surface area contributed by atoms with Crippen molar-refractivity contribution in [2.24, 2.45) is 0 Å². The molecule has 0 unspecified atom stereocenters. The summed E-state index contributed by atoms with van der Waals surface area (Å²) in [6, 6.07) is 51.6. The highest BCUT2D eigenvalue weighted by Gasteiger charge is 2.46. The van der Waals surface area contributed by atoms with Crippen molar-refractivity contribution < 1.29 is 37.6 Å². The van der Waals surface area contributed by atoms with Crippen LogP contribution in [0.15, 0.2) is 330 Å². The molecule has 0 spiro atoms. The lowest BCUT2D eigenvalue weighted by Gasteiger charge is -2.44. The first-order valence-electron chi connectivity index (χ1n) is 51.5. The molecule has 6 aromatic heterocycles. The lowest BCUT2D eigenvalue weighted by molar-refractivity contribution is 0.590. The van der Waals surface area contributed by atoms with Gasteiger partial charge in [0.15, 0.2) is 22.3 Å². The van der Waals surface area contributed by atoms with E-state index in [9.17, 15) is 27.4 Å². The normalized spacial score (nSPS) is 15.8. The van der Waals surface area contributed by atoms with Crippen molar-refractivity contribution in [3.63, 3.8) is 0 Å². The molecule has 121 heavy (non-hydrogen) atoms. The van der Waals surface area contributed by atoms with Gasteiger partial charge in [-0.05, 0) is 199 Å². The summed E-state index contributed by atoms with van der Waals surface area (Å²) in [4.78, 5) is 3.95. The molecule has 8 heterocycles. The van der Waals surface area contributed by atoms with Gasteiger partial charge in [-0.2, -0.15) is 0 Å². The fraction of sp³-hybridized carbons (Fsp3) is 0.143. The Morgan fingerprint density at radius 2 is 0.562 bits per heavy atom. The van der Waals surface area contributed by atoms with Crippen LogP contribution in [0.25, 0.3) is 165 Å². The average Bonchev–Trinajstić information content (AvgIpc) is 1.29. The van der Waals surface area contributed by atoms with Crippen LogP contribution in [0.1, 0.15) is 134 Å². The zero-order valence-electron chi connectivity index (χ0n) is 89.6. The fourth-order valence-corrected chi connectivity index (χ4v) is 19.4. The van der Waals surface area contributed by atoms with E-state index in [0.29, 0.717) is 106 Å². The number of rotatable bonds is 7. The van der Waals surface area contributed by atoms with Gasteiger partial charge in [-0.1, -0.05) is 277 Å². The van der Waals surface area contributed by atoms with Crippen molar-refractivity contribution in [1.29, 1.82) is 0 Å². The Morgan fingerprint density at radius 1 is 0.240 bits per heavy atom. The summed E-state index contributed by atoms with van der Waals surface area (Å²) in [5.74, 6) is 0. The van der Waals surface area contributed by atoms with Gasteiger partial charge in [0.1, 0.15) is 0 Å². The molecule has 0 amide bonds. The highest BCUT2D eigenvalue weighted by molar-refractivity contribution is 7.00. The highest BCUT2D eigenvalue weighted by atomic mass is 16.3. The third-order valence-electron chi connectivity index (χ3n) is 25.3. The number of aromatic nitrogens is 4. The number of hydrogen-bond acceptors (Lipinski definition) is 4. The minimum Gasteiger partial charge on any atom is -0.452 e. The summed E-state index contributed by atoms with van der Waals surface area (Å²) in [6.07, 6.45) is 0. The van der Waals surface area contributed by atoms with Crippen LogP contribution in [0.2, 0.25) is 0 Å². The number of nitrogens with zero attached hydrogens (tertiary/aromatic N) is 6. The van der Waals surface area contributed by atoms with Crippen LogP contribution in [0.5, 0.6) is 0 Å². The van der Waals surface area contributed by atoms with E-state index < -0.39 is 134 Å². The summed E-state index contributed by atoms with van der Waals surface area (Å²) in [5.41, 5.74) is 13.3. The largest absolute Gasteiger partial charge is 0.452 e. The van der Waals surface area contributed by atoms with Crippen molar-refractivity contribution >= 4 is 188 Å². The SMILES string of the molecule is [2H]c1c([2H])c([2H])c(-c2ccc3c(c2)N(c2cccc4c2oc2c(-n5c6ccc(C(C)(C)C)cc6c6cc(C(C)(C)C)ccc65)cccc24)c2cc(-n4c5c([2H])c([2H])c([2H])c([2H])c5c5c([2H])c([2H])c([2H])c([2H])c54)cc4c2B3c2ccc(-n3c5c([2H])c([2H])c([2H])c([2H])c5c5c([2H])c([2H])c([2H])c([2H])c53)cc2N4c2cccc3c2oc2c(-n4c5ccc(C(C)(C)C)cc5c5cc(C(C)(C)C)ccc54)cccc23)c([2H])c1[2H]. The van der Waals surface area contributed by atoms with Crippen LogP contribution >= 0.6 is 0 Å². The molecule has 0 fully saturated rings. The summed E-state index contributed by atoms with van der Waals surface area (Å²) in [5, 5.41) is 6.00. The number of furan rings is 2. The van der Waals surface area contributed by atoms with Gasteiger partial charge in [-0.15, -0.1) is 0 Å². The first-order valence-corrected chi connectivity index (χ1v) is 41.0. The van der Waals surface area contributed by atoms with Gasteiger partial charge in [0.25, 0.3) is 6.71 Å². The van der Waals surface area contributed by atoms with Gasteiger partial charge >= 0.3 is 0 Å². The second kappa shape index (κ2) is 25.3. The predicted octanol–water partition coefficient (Wildman–Crippen LogP) is 28.8. The van der Waals surface area contributed by atoms with E-state index in [1.165, 1.54) is 9.13 Å².